The minimum absolute atomic E-state index is 0.578. The highest BCUT2D eigenvalue weighted by Crippen LogP contribution is 2.39. The van der Waals surface area contributed by atoms with Crippen molar-refractivity contribution in [1.82, 2.24) is 0 Å². The molecule has 6 rings (SSSR count). The fraction of sp³-hybridized carbons (Fsp3) is 0.0270. The van der Waals surface area contributed by atoms with Crippen molar-refractivity contribution < 1.29 is 4.74 Å². The van der Waals surface area contributed by atoms with Crippen molar-refractivity contribution >= 4 is 56.4 Å². The molecule has 0 aliphatic carbocycles. The highest BCUT2D eigenvalue weighted by atomic mass is 16.5. The number of nitriles is 1. The molecule has 6 aromatic rings. The van der Waals surface area contributed by atoms with Gasteiger partial charge in [0, 0.05) is 17.1 Å². The van der Waals surface area contributed by atoms with Crippen LogP contribution in [0.1, 0.15) is 16.7 Å². The van der Waals surface area contributed by atoms with Gasteiger partial charge < -0.3 is 9.64 Å². The van der Waals surface area contributed by atoms with Gasteiger partial charge in [0.05, 0.1) is 19.2 Å². The summed E-state index contributed by atoms with van der Waals surface area (Å²) in [7, 11) is 1.67. The number of benzene rings is 6. The van der Waals surface area contributed by atoms with Crippen LogP contribution in [0.25, 0.3) is 38.5 Å². The first kappa shape index (κ1) is 25.4. The number of fused-ring (bicyclic) bond motifs is 2. The van der Waals surface area contributed by atoms with E-state index in [1.165, 1.54) is 0 Å². The van der Waals surface area contributed by atoms with Crippen LogP contribution in [0.4, 0.5) is 22.7 Å². The zero-order valence-electron chi connectivity index (χ0n) is 22.5. The third-order valence-corrected chi connectivity index (χ3v) is 7.21. The monoisotopic (exact) mass is 527 g/mol. The molecule has 4 nitrogen and oxygen atoms in total. The van der Waals surface area contributed by atoms with Gasteiger partial charge in [-0.25, -0.2) is 4.85 Å². The van der Waals surface area contributed by atoms with Gasteiger partial charge in [0.2, 0.25) is 5.69 Å². The molecule has 0 heterocycles. The highest BCUT2D eigenvalue weighted by Gasteiger charge is 2.14. The van der Waals surface area contributed by atoms with Crippen molar-refractivity contribution in [1.29, 1.82) is 5.26 Å². The molecule has 41 heavy (non-hydrogen) atoms. The van der Waals surface area contributed by atoms with Gasteiger partial charge in [0.25, 0.3) is 0 Å². The molecule has 0 saturated heterocycles. The molecule has 0 fully saturated rings. The van der Waals surface area contributed by atoms with Gasteiger partial charge in [-0.1, -0.05) is 84.9 Å². The fourth-order valence-corrected chi connectivity index (χ4v) is 5.20. The maximum atomic E-state index is 9.90. The fourth-order valence-electron chi connectivity index (χ4n) is 5.20. The minimum atomic E-state index is 0.578. The molecule has 0 N–H and O–H groups in total. The average Bonchev–Trinajstić information content (AvgIpc) is 3.04. The lowest BCUT2D eigenvalue weighted by Crippen LogP contribution is -2.09. The van der Waals surface area contributed by atoms with E-state index in [0.29, 0.717) is 11.3 Å². The summed E-state index contributed by atoms with van der Waals surface area (Å²) in [5, 5.41) is 13.1. The molecule has 194 valence electrons. The van der Waals surface area contributed by atoms with Crippen LogP contribution in [0.3, 0.4) is 0 Å². The summed E-state index contributed by atoms with van der Waals surface area (Å²) in [5.41, 5.74) is 6.35. The van der Waals surface area contributed by atoms with Crippen LogP contribution in [0, 0.1) is 17.9 Å². The lowest BCUT2D eigenvalue weighted by molar-refractivity contribution is 0.415. The number of rotatable bonds is 6. The number of ether oxygens (including phenoxy) is 1. The first-order valence-corrected chi connectivity index (χ1v) is 13.2. The van der Waals surface area contributed by atoms with E-state index in [4.69, 9.17) is 11.3 Å². The van der Waals surface area contributed by atoms with Crippen molar-refractivity contribution in [3.8, 4) is 11.8 Å². The molecule has 0 spiro atoms. The summed E-state index contributed by atoms with van der Waals surface area (Å²) in [6.45, 7) is 7.86. The van der Waals surface area contributed by atoms with Crippen molar-refractivity contribution in [3.05, 3.63) is 149 Å². The highest BCUT2D eigenvalue weighted by molar-refractivity contribution is 6.15. The largest absolute Gasteiger partial charge is 0.497 e. The average molecular weight is 528 g/mol. The molecular weight excluding hydrogens is 502 g/mol. The van der Waals surface area contributed by atoms with E-state index in [0.717, 1.165) is 55.5 Å². The lowest BCUT2D eigenvalue weighted by Gasteiger charge is -2.25. The number of hydrogen-bond acceptors (Lipinski definition) is 3. The van der Waals surface area contributed by atoms with Gasteiger partial charge >= 0.3 is 0 Å². The molecular formula is C37H25N3O. The van der Waals surface area contributed by atoms with Gasteiger partial charge in [0.15, 0.2) is 0 Å². The summed E-state index contributed by atoms with van der Waals surface area (Å²) >= 11 is 0. The SMILES string of the molecule is [C-]#[N+]c1c2ccccc2c(C#N)c2ccc(C=Cc3ccc(N(c4ccccc4)c4ccc(OC)cc4)cc3)cc12. The summed E-state index contributed by atoms with van der Waals surface area (Å²) in [4.78, 5) is 6.06. The Labute approximate surface area is 239 Å². The third kappa shape index (κ3) is 4.87. The molecule has 0 aromatic heterocycles. The second kappa shape index (κ2) is 11.1. The normalized spacial score (nSPS) is 10.9. The Hall–Kier alpha value is -5.84. The number of methoxy groups -OCH3 is 1. The van der Waals surface area contributed by atoms with E-state index in [2.05, 4.69) is 70.4 Å². The molecule has 6 aromatic carbocycles. The first-order chi connectivity index (χ1) is 20.2. The number of anilines is 3. The van der Waals surface area contributed by atoms with Crippen LogP contribution in [0.15, 0.2) is 121 Å². The predicted molar refractivity (Wildman–Crippen MR) is 169 cm³/mol. The molecule has 0 amide bonds. The van der Waals surface area contributed by atoms with E-state index >= 15 is 0 Å². The van der Waals surface area contributed by atoms with Crippen molar-refractivity contribution in [2.45, 2.75) is 0 Å². The van der Waals surface area contributed by atoms with Crippen molar-refractivity contribution in [3.63, 3.8) is 0 Å². The van der Waals surface area contributed by atoms with Gasteiger partial charge in [-0.2, -0.15) is 5.26 Å². The molecule has 0 aliphatic rings. The standard InChI is InChI=1S/C37H25N3O/c1-39-37-34-11-7-6-10-32(34)36(25-38)33-23-16-27(24-35(33)37)13-12-26-14-17-29(18-15-26)40(28-8-4-3-5-9-28)30-19-21-31(41-2)22-20-30/h3-24H,2H3. The first-order valence-electron chi connectivity index (χ1n) is 13.2. The molecule has 4 heteroatoms. The van der Waals surface area contributed by atoms with Crippen LogP contribution in [-0.4, -0.2) is 7.11 Å². The van der Waals surface area contributed by atoms with Crippen LogP contribution in [0.2, 0.25) is 0 Å². The molecule has 0 atom stereocenters. The molecule has 0 bridgehead atoms. The van der Waals surface area contributed by atoms with Crippen molar-refractivity contribution in [2.24, 2.45) is 0 Å². The minimum Gasteiger partial charge on any atom is -0.497 e. The molecule has 0 aliphatic heterocycles. The Morgan fingerprint density at radius 2 is 1.22 bits per heavy atom. The van der Waals surface area contributed by atoms with Gasteiger partial charge in [0.1, 0.15) is 11.8 Å². The van der Waals surface area contributed by atoms with E-state index in [-0.39, 0.29) is 0 Å². The van der Waals surface area contributed by atoms with Gasteiger partial charge in [-0.15, -0.1) is 0 Å². The number of hydrogen-bond donors (Lipinski definition) is 0. The van der Waals surface area contributed by atoms with Gasteiger partial charge in [-0.05, 0) is 81.2 Å². The predicted octanol–water partition coefficient (Wildman–Crippen LogP) is 10.1. The van der Waals surface area contributed by atoms with E-state index in [1.54, 1.807) is 7.11 Å². The molecule has 0 saturated carbocycles. The Bertz CT molecular complexity index is 1980. The summed E-state index contributed by atoms with van der Waals surface area (Å²) < 4.78 is 5.35. The smallest absolute Gasteiger partial charge is 0.202 e. The lowest BCUT2D eigenvalue weighted by atomic mass is 9.94. The topological polar surface area (TPSA) is 40.6 Å². The zero-order chi connectivity index (χ0) is 28.2. The maximum Gasteiger partial charge on any atom is 0.202 e. The second-order valence-corrected chi connectivity index (χ2v) is 9.59. The Kier molecular flexibility index (Phi) is 6.89. The van der Waals surface area contributed by atoms with E-state index in [9.17, 15) is 5.26 Å². The third-order valence-electron chi connectivity index (χ3n) is 7.21. The summed E-state index contributed by atoms with van der Waals surface area (Å²) in [5.74, 6) is 0.816. The van der Waals surface area contributed by atoms with Crippen molar-refractivity contribution in [2.75, 3.05) is 12.0 Å². The molecule has 0 radical (unpaired) electrons. The number of para-hydroxylation sites is 1. The zero-order valence-corrected chi connectivity index (χ0v) is 22.5. The Morgan fingerprint density at radius 3 is 1.88 bits per heavy atom. The van der Waals surface area contributed by atoms with Crippen LogP contribution < -0.4 is 9.64 Å². The van der Waals surface area contributed by atoms with E-state index in [1.807, 2.05) is 78.9 Å². The van der Waals surface area contributed by atoms with E-state index < -0.39 is 0 Å². The van der Waals surface area contributed by atoms with Crippen LogP contribution in [-0.2, 0) is 0 Å². The molecule has 0 unspecified atom stereocenters. The maximum absolute atomic E-state index is 9.90. The summed E-state index contributed by atoms with van der Waals surface area (Å²) in [6, 6.07) is 42.7. The Morgan fingerprint density at radius 1 is 0.659 bits per heavy atom. The number of nitrogens with zero attached hydrogens (tertiary/aromatic N) is 3. The van der Waals surface area contributed by atoms with Gasteiger partial charge in [-0.3, -0.25) is 0 Å². The quantitative estimate of drug-likeness (QED) is 0.123. The van der Waals surface area contributed by atoms with Crippen LogP contribution in [0.5, 0.6) is 5.75 Å². The Balaban J connectivity index is 1.34. The second-order valence-electron chi connectivity index (χ2n) is 9.59. The summed E-state index contributed by atoms with van der Waals surface area (Å²) in [6.07, 6.45) is 4.11. The van der Waals surface area contributed by atoms with Crippen LogP contribution >= 0.6 is 0 Å².